The van der Waals surface area contributed by atoms with Crippen molar-refractivity contribution in [1.82, 2.24) is 35.9 Å². The van der Waals surface area contributed by atoms with E-state index >= 15 is 0 Å². The first-order valence-electron chi connectivity index (χ1n) is 15.6. The minimum Gasteiger partial charge on any atom is -0.480 e. The van der Waals surface area contributed by atoms with Crippen LogP contribution in [0.4, 0.5) is 0 Å². The fraction of sp³-hybridized carbons (Fsp3) is 0.324. The fourth-order valence-electron chi connectivity index (χ4n) is 5.67. The Kier molecular flexibility index (Phi) is 10.4. The van der Waals surface area contributed by atoms with Crippen molar-refractivity contribution in [2.75, 3.05) is 0 Å². The molecule has 0 bridgehead atoms. The number of hydrogen-bond acceptors (Lipinski definition) is 6. The van der Waals surface area contributed by atoms with Crippen molar-refractivity contribution in [3.8, 4) is 0 Å². The van der Waals surface area contributed by atoms with Crippen molar-refractivity contribution >= 4 is 45.5 Å². The van der Waals surface area contributed by atoms with Gasteiger partial charge in [-0.3, -0.25) is 14.4 Å². The first-order chi connectivity index (χ1) is 22.6. The number of hydrogen-bond donors (Lipinski definition) is 8. The van der Waals surface area contributed by atoms with Crippen LogP contribution >= 0.6 is 0 Å². The van der Waals surface area contributed by atoms with Gasteiger partial charge in [-0.1, -0.05) is 56.7 Å². The number of aromatic amines is 3. The normalized spacial score (nSPS) is 14.6. The Hall–Kier alpha value is -5.43. The number of aliphatic carboxylic acids is 1. The molecule has 13 heteroatoms. The summed E-state index contributed by atoms with van der Waals surface area (Å²) in [5, 5.41) is 19.8. The first kappa shape index (κ1) is 32.9. The lowest BCUT2D eigenvalue weighted by Crippen LogP contribution is -2.58. The van der Waals surface area contributed by atoms with E-state index in [0.717, 1.165) is 32.9 Å². The van der Waals surface area contributed by atoms with Crippen molar-refractivity contribution in [2.45, 2.75) is 63.7 Å². The summed E-state index contributed by atoms with van der Waals surface area (Å²) < 4.78 is 0. The highest BCUT2D eigenvalue weighted by Crippen LogP contribution is 2.21. The predicted molar refractivity (Wildman–Crippen MR) is 177 cm³/mol. The van der Waals surface area contributed by atoms with Crippen LogP contribution in [0.3, 0.4) is 0 Å². The van der Waals surface area contributed by atoms with Crippen molar-refractivity contribution in [1.29, 1.82) is 0 Å². The smallest absolute Gasteiger partial charge is 0.326 e. The number of carboxylic acid groups (broad SMARTS) is 1. The molecule has 9 N–H and O–H groups in total. The lowest BCUT2D eigenvalue weighted by molar-refractivity contribution is -0.143. The van der Waals surface area contributed by atoms with E-state index in [1.807, 2.05) is 61.7 Å². The number of rotatable bonds is 15. The molecule has 3 amide bonds. The van der Waals surface area contributed by atoms with Crippen LogP contribution in [0, 0.1) is 5.92 Å². The van der Waals surface area contributed by atoms with E-state index in [-0.39, 0.29) is 25.2 Å². The van der Waals surface area contributed by atoms with Crippen molar-refractivity contribution in [3.63, 3.8) is 0 Å². The Morgan fingerprint density at radius 1 is 0.787 bits per heavy atom. The molecular weight excluding hydrogens is 600 g/mol. The van der Waals surface area contributed by atoms with Gasteiger partial charge < -0.3 is 41.7 Å². The van der Waals surface area contributed by atoms with E-state index in [0.29, 0.717) is 12.1 Å². The number of carbonyl (C=O) groups excluding carboxylic acids is 3. The van der Waals surface area contributed by atoms with Crippen LogP contribution in [-0.4, -0.2) is 72.9 Å². The van der Waals surface area contributed by atoms with E-state index in [1.54, 1.807) is 13.1 Å². The third kappa shape index (κ3) is 7.87. The lowest BCUT2D eigenvalue weighted by Gasteiger charge is -2.26. The number of carbonyl (C=O) groups is 4. The number of para-hydroxylation sites is 2. The van der Waals surface area contributed by atoms with Gasteiger partial charge in [0, 0.05) is 58.9 Å². The number of nitrogens with one attached hydrogen (secondary N) is 6. The molecule has 0 saturated heterocycles. The topological polar surface area (TPSA) is 211 Å². The fourth-order valence-corrected chi connectivity index (χ4v) is 5.67. The number of benzene rings is 2. The largest absolute Gasteiger partial charge is 0.480 e. The second-order valence-corrected chi connectivity index (χ2v) is 11.8. The summed E-state index contributed by atoms with van der Waals surface area (Å²) in [6, 6.07) is 10.9. The number of imidazole rings is 1. The maximum absolute atomic E-state index is 14.0. The molecule has 0 radical (unpaired) electrons. The summed E-state index contributed by atoms with van der Waals surface area (Å²) >= 11 is 0. The molecule has 0 saturated carbocycles. The summed E-state index contributed by atoms with van der Waals surface area (Å²) in [5.41, 5.74) is 10.4. The van der Waals surface area contributed by atoms with Gasteiger partial charge in [0.25, 0.3) is 0 Å². The number of fused-ring (bicyclic) bond motifs is 2. The van der Waals surface area contributed by atoms with Crippen LogP contribution in [0.2, 0.25) is 0 Å². The zero-order valence-electron chi connectivity index (χ0n) is 26.2. The van der Waals surface area contributed by atoms with Crippen LogP contribution in [0.1, 0.15) is 37.1 Å². The molecular formula is C34H40N8O5. The number of H-pyrrole nitrogens is 3. The minimum absolute atomic E-state index is 0.0122. The third-order valence-corrected chi connectivity index (χ3v) is 8.57. The maximum Gasteiger partial charge on any atom is 0.326 e. The molecule has 47 heavy (non-hydrogen) atoms. The molecule has 0 spiro atoms. The Morgan fingerprint density at radius 2 is 1.34 bits per heavy atom. The third-order valence-electron chi connectivity index (χ3n) is 8.57. The van der Waals surface area contributed by atoms with Gasteiger partial charge in [0.05, 0.1) is 12.4 Å². The Bertz CT molecular complexity index is 1850. The van der Waals surface area contributed by atoms with Crippen LogP contribution in [-0.2, 0) is 38.4 Å². The van der Waals surface area contributed by atoms with Crippen molar-refractivity contribution in [2.24, 2.45) is 11.7 Å². The van der Waals surface area contributed by atoms with Gasteiger partial charge in [-0.25, -0.2) is 9.78 Å². The summed E-state index contributed by atoms with van der Waals surface area (Å²) in [6.45, 7) is 3.56. The van der Waals surface area contributed by atoms with E-state index in [4.69, 9.17) is 5.73 Å². The van der Waals surface area contributed by atoms with Crippen LogP contribution in [0.5, 0.6) is 0 Å². The number of carboxylic acids is 1. The van der Waals surface area contributed by atoms with Gasteiger partial charge in [0.1, 0.15) is 18.1 Å². The molecule has 3 heterocycles. The minimum atomic E-state index is -1.17. The molecule has 13 nitrogen and oxygen atoms in total. The summed E-state index contributed by atoms with van der Waals surface area (Å²) in [4.78, 5) is 66.3. The number of aromatic nitrogens is 4. The second-order valence-electron chi connectivity index (χ2n) is 11.8. The van der Waals surface area contributed by atoms with Crippen LogP contribution < -0.4 is 21.7 Å². The standard InChI is InChI=1S/C34H40N8O5/c1-3-19(2)30(34(46)47)42-33(45)29(14-22-17-36-18-39-22)41-32(44)28(13-21-16-38-27-11-7-5-9-24(21)27)40-31(43)25(35)12-20-15-37-26-10-6-4-8-23(20)26/h4-11,15-19,25,28-30,37-38H,3,12-14,35H2,1-2H3,(H,36,39)(H,40,43)(H,41,44)(H,42,45)(H,46,47). The van der Waals surface area contributed by atoms with Gasteiger partial charge in [-0.2, -0.15) is 0 Å². The van der Waals surface area contributed by atoms with Crippen LogP contribution in [0.25, 0.3) is 21.8 Å². The van der Waals surface area contributed by atoms with Gasteiger partial charge in [-0.15, -0.1) is 0 Å². The molecule has 5 atom stereocenters. The molecule has 5 unspecified atom stereocenters. The highest BCUT2D eigenvalue weighted by molar-refractivity contribution is 5.95. The Balaban J connectivity index is 1.38. The molecule has 5 rings (SSSR count). The predicted octanol–water partition coefficient (Wildman–Crippen LogP) is 2.31. The van der Waals surface area contributed by atoms with Crippen molar-refractivity contribution in [3.05, 3.63) is 90.3 Å². The van der Waals surface area contributed by atoms with Gasteiger partial charge in [0.2, 0.25) is 17.7 Å². The van der Waals surface area contributed by atoms with Crippen molar-refractivity contribution < 1.29 is 24.3 Å². The number of nitrogens with two attached hydrogens (primary N) is 1. The summed E-state index contributed by atoms with van der Waals surface area (Å²) in [5.74, 6) is -3.36. The van der Waals surface area contributed by atoms with E-state index in [2.05, 4.69) is 35.9 Å². The quantitative estimate of drug-likeness (QED) is 0.0855. The van der Waals surface area contributed by atoms with E-state index in [9.17, 15) is 24.3 Å². The highest BCUT2D eigenvalue weighted by atomic mass is 16.4. The first-order valence-corrected chi connectivity index (χ1v) is 15.6. The zero-order chi connectivity index (χ0) is 33.5. The Labute approximate surface area is 271 Å². The molecule has 246 valence electrons. The maximum atomic E-state index is 14.0. The van der Waals surface area contributed by atoms with Gasteiger partial charge in [-0.05, 0) is 35.6 Å². The average Bonchev–Trinajstić information content (AvgIpc) is 3.83. The number of nitrogens with zero attached hydrogens (tertiary/aromatic N) is 1. The monoisotopic (exact) mass is 640 g/mol. The molecule has 0 aliphatic rings. The molecule has 5 aromatic rings. The van der Waals surface area contributed by atoms with E-state index < -0.39 is 47.9 Å². The lowest BCUT2D eigenvalue weighted by atomic mass is 9.98. The summed E-state index contributed by atoms with van der Waals surface area (Å²) in [7, 11) is 0. The molecule has 0 aliphatic carbocycles. The SMILES string of the molecule is CCC(C)C(NC(=O)C(Cc1cnc[nH]1)NC(=O)C(Cc1c[nH]c2ccccc12)NC(=O)C(N)Cc1c[nH]c2ccccc12)C(=O)O. The molecule has 2 aromatic carbocycles. The molecule has 3 aromatic heterocycles. The van der Waals surface area contributed by atoms with Crippen LogP contribution in [0.15, 0.2) is 73.4 Å². The zero-order valence-corrected chi connectivity index (χ0v) is 26.2. The summed E-state index contributed by atoms with van der Waals surface area (Å²) in [6.07, 6.45) is 7.42. The van der Waals surface area contributed by atoms with Gasteiger partial charge >= 0.3 is 5.97 Å². The second kappa shape index (κ2) is 14.8. The Morgan fingerprint density at radius 3 is 1.91 bits per heavy atom. The molecule has 0 fully saturated rings. The van der Waals surface area contributed by atoms with E-state index in [1.165, 1.54) is 12.5 Å². The average molecular weight is 641 g/mol. The molecule has 0 aliphatic heterocycles. The highest BCUT2D eigenvalue weighted by Gasteiger charge is 2.33. The van der Waals surface area contributed by atoms with Gasteiger partial charge in [0.15, 0.2) is 0 Å². The number of amides is 3.